The molecular formula is C11H16F2O7S. The molecule has 0 amide bonds. The van der Waals surface area contributed by atoms with Gasteiger partial charge in [-0.3, -0.25) is 4.55 Å². The minimum Gasteiger partial charge on any atom is -0.457 e. The van der Waals surface area contributed by atoms with E-state index in [2.05, 4.69) is 4.74 Å². The fraction of sp³-hybridized carbons (Fsp3) is 0.909. The third-order valence-electron chi connectivity index (χ3n) is 3.49. The van der Waals surface area contributed by atoms with E-state index >= 15 is 0 Å². The van der Waals surface area contributed by atoms with E-state index < -0.39 is 39.8 Å². The van der Waals surface area contributed by atoms with Gasteiger partial charge in [0, 0.05) is 12.8 Å². The molecule has 1 heterocycles. The van der Waals surface area contributed by atoms with Crippen LogP contribution in [0.25, 0.3) is 0 Å². The summed E-state index contributed by atoms with van der Waals surface area (Å²) in [6.07, 6.45) is 3.54. The van der Waals surface area contributed by atoms with Gasteiger partial charge in [-0.1, -0.05) is 6.42 Å². The van der Waals surface area contributed by atoms with Crippen LogP contribution in [0.3, 0.4) is 0 Å². The zero-order chi connectivity index (χ0) is 15.7. The van der Waals surface area contributed by atoms with Crippen molar-refractivity contribution in [2.45, 2.75) is 49.2 Å². The van der Waals surface area contributed by atoms with Gasteiger partial charge in [-0.15, -0.1) is 0 Å². The van der Waals surface area contributed by atoms with Gasteiger partial charge in [-0.2, -0.15) is 17.2 Å². The number of alkyl halides is 2. The molecule has 1 aliphatic carbocycles. The summed E-state index contributed by atoms with van der Waals surface area (Å²) in [6, 6.07) is 0. The van der Waals surface area contributed by atoms with Gasteiger partial charge >= 0.3 is 21.3 Å². The topological polar surface area (TPSA) is 99.1 Å². The molecule has 1 aliphatic heterocycles. The van der Waals surface area contributed by atoms with Crippen LogP contribution in [-0.2, 0) is 29.1 Å². The van der Waals surface area contributed by atoms with Crippen molar-refractivity contribution in [1.29, 1.82) is 0 Å². The summed E-state index contributed by atoms with van der Waals surface area (Å²) in [5, 5.41) is -4.99. The van der Waals surface area contributed by atoms with Crippen molar-refractivity contribution >= 4 is 16.1 Å². The Labute approximate surface area is 120 Å². The minimum absolute atomic E-state index is 0.0741. The molecule has 122 valence electrons. The lowest BCUT2D eigenvalue weighted by atomic mass is 9.94. The first-order valence-electron chi connectivity index (χ1n) is 6.50. The van der Waals surface area contributed by atoms with Gasteiger partial charge in [0.15, 0.2) is 5.79 Å². The van der Waals surface area contributed by atoms with Crippen LogP contribution in [0.1, 0.15) is 32.1 Å². The summed E-state index contributed by atoms with van der Waals surface area (Å²) >= 11 is 0. The third kappa shape index (κ3) is 3.50. The maximum Gasteiger partial charge on any atom is 0.465 e. The molecule has 1 spiro atoms. The van der Waals surface area contributed by atoms with Gasteiger partial charge in [0.1, 0.15) is 12.7 Å². The van der Waals surface area contributed by atoms with Gasteiger partial charge < -0.3 is 14.2 Å². The van der Waals surface area contributed by atoms with Gasteiger partial charge in [0.05, 0.1) is 6.61 Å². The highest BCUT2D eigenvalue weighted by molar-refractivity contribution is 7.87. The Hall–Kier alpha value is -0.840. The first-order valence-corrected chi connectivity index (χ1v) is 7.94. The first-order chi connectivity index (χ1) is 9.66. The van der Waals surface area contributed by atoms with Crippen molar-refractivity contribution in [3.63, 3.8) is 0 Å². The van der Waals surface area contributed by atoms with E-state index in [9.17, 15) is 22.0 Å². The highest BCUT2D eigenvalue weighted by Crippen LogP contribution is 2.37. The normalized spacial score (nSPS) is 26.0. The Balaban J connectivity index is 1.86. The molecule has 1 saturated heterocycles. The Kier molecular flexibility index (Phi) is 4.52. The summed E-state index contributed by atoms with van der Waals surface area (Å²) < 4.78 is 70.3. The Morgan fingerprint density at radius 2 is 1.95 bits per heavy atom. The van der Waals surface area contributed by atoms with Crippen LogP contribution in [-0.4, -0.2) is 49.3 Å². The second-order valence-corrected chi connectivity index (χ2v) is 6.58. The highest BCUT2D eigenvalue weighted by Gasteiger charge is 2.54. The number of hydrogen-bond acceptors (Lipinski definition) is 6. The van der Waals surface area contributed by atoms with Gasteiger partial charge in [0.2, 0.25) is 0 Å². The van der Waals surface area contributed by atoms with Crippen LogP contribution in [0.4, 0.5) is 8.78 Å². The fourth-order valence-electron chi connectivity index (χ4n) is 2.41. The number of halogens is 2. The predicted molar refractivity (Wildman–Crippen MR) is 64.1 cm³/mol. The quantitative estimate of drug-likeness (QED) is 0.608. The van der Waals surface area contributed by atoms with Crippen molar-refractivity contribution in [2.24, 2.45) is 0 Å². The van der Waals surface area contributed by atoms with Crippen molar-refractivity contribution in [3.05, 3.63) is 0 Å². The first kappa shape index (κ1) is 16.5. The fourth-order valence-corrected chi connectivity index (χ4v) is 2.68. The van der Waals surface area contributed by atoms with Crippen molar-refractivity contribution < 1.29 is 40.8 Å². The summed E-state index contributed by atoms with van der Waals surface area (Å²) in [6.45, 7) is -0.490. The largest absolute Gasteiger partial charge is 0.465 e. The third-order valence-corrected chi connectivity index (χ3v) is 4.31. The molecule has 10 heteroatoms. The van der Waals surface area contributed by atoms with Crippen LogP contribution in [0, 0.1) is 0 Å². The molecule has 1 N–H and O–H groups in total. The second kappa shape index (κ2) is 5.75. The molecule has 21 heavy (non-hydrogen) atoms. The number of esters is 1. The number of rotatable bonds is 4. The van der Waals surface area contributed by atoms with Crippen LogP contribution in [0.2, 0.25) is 0 Å². The highest BCUT2D eigenvalue weighted by atomic mass is 32.2. The lowest BCUT2D eigenvalue weighted by Gasteiger charge is -2.31. The summed E-state index contributed by atoms with van der Waals surface area (Å²) in [5.41, 5.74) is 0. The zero-order valence-electron chi connectivity index (χ0n) is 11.1. The molecule has 0 radical (unpaired) electrons. The maximum absolute atomic E-state index is 13.0. The van der Waals surface area contributed by atoms with E-state index in [4.69, 9.17) is 14.0 Å². The average molecular weight is 330 g/mol. The van der Waals surface area contributed by atoms with E-state index in [0.717, 1.165) is 19.3 Å². The molecule has 0 bridgehead atoms. The van der Waals surface area contributed by atoms with E-state index in [1.54, 1.807) is 0 Å². The summed E-state index contributed by atoms with van der Waals surface area (Å²) in [4.78, 5) is 11.0. The standard InChI is InChI=1S/C11H16F2O7S/c12-11(13,21(15,16)17)9(14)18-6-8-7-19-10(20-8)4-2-1-3-5-10/h8H,1-7H2,(H,15,16,17). The number of carbonyl (C=O) groups excluding carboxylic acids is 1. The molecule has 7 nitrogen and oxygen atoms in total. The minimum atomic E-state index is -5.85. The van der Waals surface area contributed by atoms with Crippen molar-refractivity contribution in [2.75, 3.05) is 13.2 Å². The lowest BCUT2D eigenvalue weighted by molar-refractivity contribution is -0.194. The van der Waals surface area contributed by atoms with Gasteiger partial charge in [-0.05, 0) is 12.8 Å². The van der Waals surface area contributed by atoms with Crippen LogP contribution in [0.15, 0.2) is 0 Å². The van der Waals surface area contributed by atoms with E-state index in [0.29, 0.717) is 12.8 Å². The average Bonchev–Trinajstić information content (AvgIpc) is 2.78. The second-order valence-electron chi connectivity index (χ2n) is 5.11. The molecule has 1 saturated carbocycles. The van der Waals surface area contributed by atoms with E-state index in [1.807, 2.05) is 0 Å². The maximum atomic E-state index is 13.0. The SMILES string of the molecule is O=C(OCC1COC2(CCCCC2)O1)C(F)(F)S(=O)(=O)O. The number of carbonyl (C=O) groups is 1. The Morgan fingerprint density at radius 3 is 2.52 bits per heavy atom. The zero-order valence-corrected chi connectivity index (χ0v) is 11.9. The van der Waals surface area contributed by atoms with Crippen molar-refractivity contribution in [3.8, 4) is 0 Å². The number of ether oxygens (including phenoxy) is 3. The molecule has 0 aromatic rings. The van der Waals surface area contributed by atoms with Crippen LogP contribution in [0.5, 0.6) is 0 Å². The monoisotopic (exact) mass is 330 g/mol. The van der Waals surface area contributed by atoms with Gasteiger partial charge in [-0.25, -0.2) is 4.79 Å². The molecule has 1 atom stereocenters. The van der Waals surface area contributed by atoms with Crippen LogP contribution < -0.4 is 0 Å². The predicted octanol–water partition coefficient (Wildman–Crippen LogP) is 1.09. The molecule has 0 aromatic carbocycles. The van der Waals surface area contributed by atoms with Crippen molar-refractivity contribution in [1.82, 2.24) is 0 Å². The van der Waals surface area contributed by atoms with Gasteiger partial charge in [0.25, 0.3) is 0 Å². The summed E-state index contributed by atoms with van der Waals surface area (Å²) in [5.74, 6) is -3.08. The molecule has 2 rings (SSSR count). The molecular weight excluding hydrogens is 314 g/mol. The Morgan fingerprint density at radius 1 is 1.33 bits per heavy atom. The smallest absolute Gasteiger partial charge is 0.457 e. The molecule has 0 aromatic heterocycles. The Bertz CT molecular complexity index is 499. The lowest BCUT2D eigenvalue weighted by Crippen LogP contribution is -2.40. The molecule has 2 fully saturated rings. The van der Waals surface area contributed by atoms with Crippen LogP contribution >= 0.6 is 0 Å². The number of hydrogen-bond donors (Lipinski definition) is 1. The molecule has 2 aliphatic rings. The summed E-state index contributed by atoms with van der Waals surface area (Å²) in [7, 11) is -5.85. The molecule has 1 unspecified atom stereocenters. The van der Waals surface area contributed by atoms with E-state index in [-0.39, 0.29) is 6.61 Å². The van der Waals surface area contributed by atoms with E-state index in [1.165, 1.54) is 0 Å².